The van der Waals surface area contributed by atoms with Crippen LogP contribution in [0, 0.1) is 0 Å². The second-order valence-corrected chi connectivity index (χ2v) is 5.13. The van der Waals surface area contributed by atoms with Gasteiger partial charge in [0, 0.05) is 6.61 Å². The predicted molar refractivity (Wildman–Crippen MR) is 87.5 cm³/mol. The second kappa shape index (κ2) is 7.23. The molecule has 22 heavy (non-hydrogen) atoms. The molecule has 0 bridgehead atoms. The van der Waals surface area contributed by atoms with Crippen LogP contribution in [0.1, 0.15) is 26.3 Å². The molecule has 0 aliphatic rings. The Labute approximate surface area is 131 Å². The second-order valence-electron chi connectivity index (χ2n) is 5.13. The molecular formula is C19H22O3. The van der Waals surface area contributed by atoms with E-state index in [1.807, 2.05) is 49.4 Å². The molecule has 1 atom stereocenters. The predicted octanol–water partition coefficient (Wildman–Crippen LogP) is 4.17. The van der Waals surface area contributed by atoms with Crippen molar-refractivity contribution >= 4 is 5.97 Å². The zero-order valence-electron chi connectivity index (χ0n) is 13.3. The number of esters is 1. The number of carbonyl (C=O) groups is 1. The van der Waals surface area contributed by atoms with Gasteiger partial charge < -0.3 is 9.47 Å². The lowest BCUT2D eigenvalue weighted by Gasteiger charge is -2.27. The zero-order chi connectivity index (χ0) is 16.0. The fourth-order valence-corrected chi connectivity index (χ4v) is 2.43. The molecule has 0 saturated carbocycles. The van der Waals surface area contributed by atoms with Crippen LogP contribution in [-0.2, 0) is 19.9 Å². The van der Waals surface area contributed by atoms with Crippen LogP contribution in [0.25, 0.3) is 11.1 Å². The summed E-state index contributed by atoms with van der Waals surface area (Å²) in [5.74, 6) is -0.357. The van der Waals surface area contributed by atoms with E-state index in [2.05, 4.69) is 12.1 Å². The molecule has 0 radical (unpaired) electrons. The Kier molecular flexibility index (Phi) is 5.34. The van der Waals surface area contributed by atoms with Crippen LogP contribution < -0.4 is 0 Å². The molecule has 0 spiro atoms. The van der Waals surface area contributed by atoms with Crippen molar-refractivity contribution in [3.63, 3.8) is 0 Å². The van der Waals surface area contributed by atoms with E-state index in [-0.39, 0.29) is 5.97 Å². The molecule has 3 heteroatoms. The average molecular weight is 298 g/mol. The van der Waals surface area contributed by atoms with Gasteiger partial charge in [0.2, 0.25) is 0 Å². The Balaban J connectivity index is 2.32. The molecule has 0 aromatic heterocycles. The summed E-state index contributed by atoms with van der Waals surface area (Å²) >= 11 is 0. The number of hydrogen-bond acceptors (Lipinski definition) is 3. The van der Waals surface area contributed by atoms with Crippen molar-refractivity contribution in [3.05, 3.63) is 60.2 Å². The summed E-state index contributed by atoms with van der Waals surface area (Å²) in [6.07, 6.45) is 0. The Bertz CT molecular complexity index is 604. The minimum atomic E-state index is -1.07. The zero-order valence-corrected chi connectivity index (χ0v) is 13.3. The molecule has 3 nitrogen and oxygen atoms in total. The maximum absolute atomic E-state index is 12.3. The van der Waals surface area contributed by atoms with Gasteiger partial charge in [-0.3, -0.25) is 0 Å². The first-order chi connectivity index (χ1) is 10.6. The van der Waals surface area contributed by atoms with Crippen LogP contribution in [0.15, 0.2) is 54.6 Å². The summed E-state index contributed by atoms with van der Waals surface area (Å²) in [7, 11) is 0. The van der Waals surface area contributed by atoms with Gasteiger partial charge in [0.05, 0.1) is 6.61 Å². The highest BCUT2D eigenvalue weighted by atomic mass is 16.6. The third kappa shape index (κ3) is 3.37. The molecule has 0 aliphatic heterocycles. The standard InChI is InChI=1S/C19H22O3/c1-4-21-18(20)19(3,22-5-2)17-13-11-16(12-14-17)15-9-7-6-8-10-15/h6-14H,4-5H2,1-3H3/t19-/m1/s1. The monoisotopic (exact) mass is 298 g/mol. The number of rotatable bonds is 6. The topological polar surface area (TPSA) is 35.5 Å². The van der Waals surface area contributed by atoms with Gasteiger partial charge in [-0.1, -0.05) is 54.6 Å². The van der Waals surface area contributed by atoms with Gasteiger partial charge in [-0.05, 0) is 37.5 Å². The summed E-state index contributed by atoms with van der Waals surface area (Å²) in [5.41, 5.74) is 1.97. The van der Waals surface area contributed by atoms with Crippen LogP contribution >= 0.6 is 0 Å². The maximum Gasteiger partial charge on any atom is 0.342 e. The SMILES string of the molecule is CCOC(=O)[C@](C)(OCC)c1ccc(-c2ccccc2)cc1. The summed E-state index contributed by atoms with van der Waals surface area (Å²) < 4.78 is 10.9. The quantitative estimate of drug-likeness (QED) is 0.751. The molecule has 2 rings (SSSR count). The first-order valence-electron chi connectivity index (χ1n) is 7.59. The van der Waals surface area contributed by atoms with Gasteiger partial charge in [-0.2, -0.15) is 0 Å². The molecule has 2 aromatic carbocycles. The fraction of sp³-hybridized carbons (Fsp3) is 0.316. The van der Waals surface area contributed by atoms with Gasteiger partial charge in [-0.25, -0.2) is 4.79 Å². The van der Waals surface area contributed by atoms with Gasteiger partial charge in [0.1, 0.15) is 0 Å². The third-order valence-electron chi connectivity index (χ3n) is 3.64. The molecular weight excluding hydrogens is 276 g/mol. The third-order valence-corrected chi connectivity index (χ3v) is 3.64. The lowest BCUT2D eigenvalue weighted by molar-refractivity contribution is -0.171. The van der Waals surface area contributed by atoms with Gasteiger partial charge in [-0.15, -0.1) is 0 Å². The Morgan fingerprint density at radius 1 is 0.909 bits per heavy atom. The fourth-order valence-electron chi connectivity index (χ4n) is 2.43. The Hall–Kier alpha value is -2.13. The molecule has 0 saturated heterocycles. The summed E-state index contributed by atoms with van der Waals surface area (Å²) in [6, 6.07) is 18.0. The highest BCUT2D eigenvalue weighted by Crippen LogP contribution is 2.29. The average Bonchev–Trinajstić information content (AvgIpc) is 2.56. The molecule has 116 valence electrons. The number of ether oxygens (including phenoxy) is 2. The van der Waals surface area contributed by atoms with Gasteiger partial charge in [0.15, 0.2) is 5.60 Å². The maximum atomic E-state index is 12.3. The minimum absolute atomic E-state index is 0.337. The van der Waals surface area contributed by atoms with Crippen molar-refractivity contribution in [1.29, 1.82) is 0 Å². The van der Waals surface area contributed by atoms with Crippen LogP contribution in [0.5, 0.6) is 0 Å². The first kappa shape index (κ1) is 16.2. The normalized spacial score (nSPS) is 13.4. The van der Waals surface area contributed by atoms with E-state index < -0.39 is 5.60 Å². The Morgan fingerprint density at radius 2 is 1.50 bits per heavy atom. The van der Waals surface area contributed by atoms with Gasteiger partial charge in [0.25, 0.3) is 0 Å². The first-order valence-corrected chi connectivity index (χ1v) is 7.59. The van der Waals surface area contributed by atoms with E-state index in [1.165, 1.54) is 0 Å². The lowest BCUT2D eigenvalue weighted by Crippen LogP contribution is -2.37. The molecule has 0 fully saturated rings. The van der Waals surface area contributed by atoms with Crippen LogP contribution in [0.4, 0.5) is 0 Å². The van der Waals surface area contributed by atoms with Crippen molar-refractivity contribution in [1.82, 2.24) is 0 Å². The van der Waals surface area contributed by atoms with E-state index in [1.54, 1.807) is 13.8 Å². The molecule has 0 amide bonds. The molecule has 2 aromatic rings. The number of benzene rings is 2. The molecule has 0 unspecified atom stereocenters. The minimum Gasteiger partial charge on any atom is -0.464 e. The van der Waals surface area contributed by atoms with Crippen LogP contribution in [0.3, 0.4) is 0 Å². The smallest absolute Gasteiger partial charge is 0.342 e. The van der Waals surface area contributed by atoms with E-state index >= 15 is 0 Å². The molecule has 0 N–H and O–H groups in total. The van der Waals surface area contributed by atoms with Crippen molar-refractivity contribution in [2.75, 3.05) is 13.2 Å². The Morgan fingerprint density at radius 3 is 2.05 bits per heavy atom. The van der Waals surface area contributed by atoms with E-state index in [9.17, 15) is 4.79 Å². The summed E-state index contributed by atoms with van der Waals surface area (Å²) in [5, 5.41) is 0. The van der Waals surface area contributed by atoms with Crippen LogP contribution in [0.2, 0.25) is 0 Å². The lowest BCUT2D eigenvalue weighted by atomic mass is 9.93. The summed E-state index contributed by atoms with van der Waals surface area (Å²) in [6.45, 7) is 6.20. The largest absolute Gasteiger partial charge is 0.464 e. The molecule has 0 aliphatic carbocycles. The van der Waals surface area contributed by atoms with E-state index in [4.69, 9.17) is 9.47 Å². The highest BCUT2D eigenvalue weighted by Gasteiger charge is 2.37. The van der Waals surface area contributed by atoms with E-state index in [0.29, 0.717) is 13.2 Å². The highest BCUT2D eigenvalue weighted by molar-refractivity contribution is 5.81. The van der Waals surface area contributed by atoms with Crippen LogP contribution in [-0.4, -0.2) is 19.2 Å². The number of carbonyl (C=O) groups excluding carboxylic acids is 1. The van der Waals surface area contributed by atoms with Gasteiger partial charge >= 0.3 is 5.97 Å². The van der Waals surface area contributed by atoms with Crippen molar-refractivity contribution in [2.24, 2.45) is 0 Å². The number of hydrogen-bond donors (Lipinski definition) is 0. The van der Waals surface area contributed by atoms with E-state index in [0.717, 1.165) is 16.7 Å². The summed E-state index contributed by atoms with van der Waals surface area (Å²) in [4.78, 5) is 12.3. The van der Waals surface area contributed by atoms with Crippen molar-refractivity contribution < 1.29 is 14.3 Å². The van der Waals surface area contributed by atoms with Crippen molar-refractivity contribution in [3.8, 4) is 11.1 Å². The van der Waals surface area contributed by atoms with Crippen molar-refractivity contribution in [2.45, 2.75) is 26.4 Å². The molecule has 0 heterocycles.